The highest BCUT2D eigenvalue weighted by atomic mass is 127. The zero-order valence-corrected chi connectivity index (χ0v) is 8.94. The highest BCUT2D eigenvalue weighted by molar-refractivity contribution is 14.1. The maximum Gasteiger partial charge on any atom is -0.0133 e. The average molecular weight is 250 g/mol. The maximum absolute atomic E-state index is 2.45. The van der Waals surface area contributed by atoms with Crippen LogP contribution < -0.4 is 0 Å². The first-order valence-corrected chi connectivity index (χ1v) is 5.12. The van der Waals surface area contributed by atoms with Crippen LogP contribution in [0.1, 0.15) is 39.5 Å². The first kappa shape index (κ1) is 8.57. The van der Waals surface area contributed by atoms with Gasteiger partial charge in [0, 0.05) is 0 Å². The third kappa shape index (κ3) is 2.26. The van der Waals surface area contributed by atoms with E-state index in [1.54, 1.807) is 5.57 Å². The fourth-order valence-electron chi connectivity index (χ4n) is 1.46. The van der Waals surface area contributed by atoms with Gasteiger partial charge in [-0.3, -0.25) is 0 Å². The van der Waals surface area contributed by atoms with E-state index in [2.05, 4.69) is 36.4 Å². The highest BCUT2D eigenvalue weighted by Gasteiger charge is 2.12. The zero-order valence-electron chi connectivity index (χ0n) is 6.78. The Hall–Kier alpha value is 0.470. The Morgan fingerprint density at radius 1 is 1.40 bits per heavy atom. The number of allylic oxidation sites excluding steroid dienone is 2. The van der Waals surface area contributed by atoms with Crippen LogP contribution in [0.5, 0.6) is 0 Å². The van der Waals surface area contributed by atoms with Crippen LogP contribution in [-0.2, 0) is 0 Å². The summed E-state index contributed by atoms with van der Waals surface area (Å²) in [5, 5.41) is 0. The predicted octanol–water partition coefficient (Wildman–Crippen LogP) is 3.91. The first-order chi connectivity index (χ1) is 4.70. The summed E-state index contributed by atoms with van der Waals surface area (Å²) >= 11 is 2.45. The SMILES string of the molecule is CC(I)=C1CCC(C)CC1. The second-order valence-electron chi connectivity index (χ2n) is 3.32. The summed E-state index contributed by atoms with van der Waals surface area (Å²) < 4.78 is 1.53. The quantitative estimate of drug-likeness (QED) is 0.572. The van der Waals surface area contributed by atoms with Gasteiger partial charge in [0.2, 0.25) is 0 Å². The van der Waals surface area contributed by atoms with Crippen molar-refractivity contribution in [2.45, 2.75) is 39.5 Å². The monoisotopic (exact) mass is 250 g/mol. The van der Waals surface area contributed by atoms with Gasteiger partial charge >= 0.3 is 0 Å². The molecule has 0 spiro atoms. The van der Waals surface area contributed by atoms with Gasteiger partial charge in [-0.15, -0.1) is 0 Å². The van der Waals surface area contributed by atoms with Crippen LogP contribution in [0.15, 0.2) is 9.15 Å². The van der Waals surface area contributed by atoms with E-state index < -0.39 is 0 Å². The van der Waals surface area contributed by atoms with Crippen molar-refractivity contribution in [1.82, 2.24) is 0 Å². The van der Waals surface area contributed by atoms with E-state index in [1.165, 1.54) is 29.3 Å². The Labute approximate surface area is 77.2 Å². The molecule has 1 rings (SSSR count). The Morgan fingerprint density at radius 2 is 1.90 bits per heavy atom. The van der Waals surface area contributed by atoms with E-state index in [0.29, 0.717) is 0 Å². The minimum Gasteiger partial charge on any atom is -0.0625 e. The normalized spacial score (nSPS) is 26.7. The van der Waals surface area contributed by atoms with Gasteiger partial charge in [0.1, 0.15) is 0 Å². The van der Waals surface area contributed by atoms with E-state index in [-0.39, 0.29) is 0 Å². The standard InChI is InChI=1S/C9H15I/c1-7-3-5-9(6-4-7)8(2)10/h7H,3-6H2,1-2H3. The molecule has 58 valence electrons. The topological polar surface area (TPSA) is 0 Å². The van der Waals surface area contributed by atoms with Crippen LogP contribution in [-0.4, -0.2) is 0 Å². The van der Waals surface area contributed by atoms with Crippen LogP contribution in [0.3, 0.4) is 0 Å². The molecular weight excluding hydrogens is 235 g/mol. The fourth-order valence-corrected chi connectivity index (χ4v) is 1.99. The van der Waals surface area contributed by atoms with Crippen LogP contribution >= 0.6 is 22.6 Å². The fraction of sp³-hybridized carbons (Fsp3) is 0.778. The van der Waals surface area contributed by atoms with Crippen LogP contribution in [0, 0.1) is 5.92 Å². The number of rotatable bonds is 0. The van der Waals surface area contributed by atoms with Crippen molar-refractivity contribution < 1.29 is 0 Å². The lowest BCUT2D eigenvalue weighted by Crippen LogP contribution is -2.04. The summed E-state index contributed by atoms with van der Waals surface area (Å²) in [5.41, 5.74) is 1.71. The van der Waals surface area contributed by atoms with Crippen LogP contribution in [0.25, 0.3) is 0 Å². The molecule has 1 fully saturated rings. The highest BCUT2D eigenvalue weighted by Crippen LogP contribution is 2.31. The zero-order chi connectivity index (χ0) is 7.56. The van der Waals surface area contributed by atoms with Crippen LogP contribution in [0.4, 0.5) is 0 Å². The van der Waals surface area contributed by atoms with Gasteiger partial charge in [-0.2, -0.15) is 0 Å². The molecule has 0 radical (unpaired) electrons. The molecule has 0 aliphatic heterocycles. The van der Waals surface area contributed by atoms with Crippen molar-refractivity contribution in [1.29, 1.82) is 0 Å². The average Bonchev–Trinajstić information content (AvgIpc) is 1.88. The van der Waals surface area contributed by atoms with Crippen LogP contribution in [0.2, 0.25) is 0 Å². The molecule has 0 aromatic carbocycles. The molecule has 1 heteroatoms. The van der Waals surface area contributed by atoms with Gasteiger partial charge in [0.15, 0.2) is 0 Å². The van der Waals surface area contributed by atoms with Gasteiger partial charge < -0.3 is 0 Å². The van der Waals surface area contributed by atoms with E-state index in [9.17, 15) is 0 Å². The molecule has 0 unspecified atom stereocenters. The second-order valence-corrected chi connectivity index (χ2v) is 4.94. The lowest BCUT2D eigenvalue weighted by molar-refractivity contribution is 0.443. The van der Waals surface area contributed by atoms with Gasteiger partial charge in [-0.25, -0.2) is 0 Å². The smallest absolute Gasteiger partial charge is 0.0133 e. The van der Waals surface area contributed by atoms with E-state index in [1.807, 2.05) is 0 Å². The summed E-state index contributed by atoms with van der Waals surface area (Å²) in [6.45, 7) is 4.59. The molecule has 0 nitrogen and oxygen atoms in total. The molecule has 1 aliphatic carbocycles. The Kier molecular flexibility index (Phi) is 3.21. The second kappa shape index (κ2) is 3.74. The van der Waals surface area contributed by atoms with Gasteiger partial charge in [-0.1, -0.05) is 12.5 Å². The Bertz CT molecular complexity index is 133. The first-order valence-electron chi connectivity index (χ1n) is 4.04. The minimum absolute atomic E-state index is 0.972. The maximum atomic E-state index is 2.45. The van der Waals surface area contributed by atoms with Crippen molar-refractivity contribution >= 4 is 22.6 Å². The molecular formula is C9H15I. The summed E-state index contributed by atoms with van der Waals surface area (Å²) in [4.78, 5) is 0. The van der Waals surface area contributed by atoms with E-state index >= 15 is 0 Å². The summed E-state index contributed by atoms with van der Waals surface area (Å²) in [5.74, 6) is 0.972. The van der Waals surface area contributed by atoms with Crippen molar-refractivity contribution in [2.24, 2.45) is 5.92 Å². The third-order valence-corrected chi connectivity index (χ3v) is 3.13. The van der Waals surface area contributed by atoms with Gasteiger partial charge in [0.05, 0.1) is 0 Å². The Balaban J connectivity index is 2.48. The third-order valence-electron chi connectivity index (χ3n) is 2.37. The minimum atomic E-state index is 0.972. The molecule has 0 amide bonds. The number of halogens is 1. The lowest BCUT2D eigenvalue weighted by Gasteiger charge is -2.20. The van der Waals surface area contributed by atoms with Gasteiger partial charge in [-0.05, 0) is 64.7 Å². The molecule has 10 heavy (non-hydrogen) atoms. The molecule has 0 N–H and O–H groups in total. The van der Waals surface area contributed by atoms with Crippen molar-refractivity contribution in [3.05, 3.63) is 9.15 Å². The molecule has 0 aromatic rings. The molecule has 0 bridgehead atoms. The van der Waals surface area contributed by atoms with Crippen molar-refractivity contribution in [3.8, 4) is 0 Å². The van der Waals surface area contributed by atoms with E-state index in [4.69, 9.17) is 0 Å². The molecule has 1 aliphatic rings. The number of hydrogen-bond donors (Lipinski definition) is 0. The van der Waals surface area contributed by atoms with Crippen molar-refractivity contribution in [2.75, 3.05) is 0 Å². The molecule has 0 atom stereocenters. The Morgan fingerprint density at radius 3 is 2.30 bits per heavy atom. The summed E-state index contributed by atoms with van der Waals surface area (Å²) in [6, 6.07) is 0. The van der Waals surface area contributed by atoms with Gasteiger partial charge in [0.25, 0.3) is 0 Å². The summed E-state index contributed by atoms with van der Waals surface area (Å²) in [6.07, 6.45) is 5.54. The molecule has 0 saturated heterocycles. The predicted molar refractivity (Wildman–Crippen MR) is 54.4 cm³/mol. The number of hydrogen-bond acceptors (Lipinski definition) is 0. The van der Waals surface area contributed by atoms with Crippen molar-refractivity contribution in [3.63, 3.8) is 0 Å². The molecule has 0 heterocycles. The lowest BCUT2D eigenvalue weighted by atomic mass is 9.87. The van der Waals surface area contributed by atoms with E-state index in [0.717, 1.165) is 5.92 Å². The summed E-state index contributed by atoms with van der Waals surface area (Å²) in [7, 11) is 0. The molecule has 0 aromatic heterocycles. The largest absolute Gasteiger partial charge is 0.0625 e. The molecule has 1 saturated carbocycles.